The zero-order chi connectivity index (χ0) is 18.0. The summed E-state index contributed by atoms with van der Waals surface area (Å²) in [4.78, 5) is 28.4. The summed E-state index contributed by atoms with van der Waals surface area (Å²) >= 11 is 0. The number of fused-ring (bicyclic) bond motifs is 1. The van der Waals surface area contributed by atoms with E-state index in [-0.39, 0.29) is 11.4 Å². The van der Waals surface area contributed by atoms with Gasteiger partial charge in [-0.25, -0.2) is 9.78 Å². The number of hydrogen-bond donors (Lipinski definition) is 2. The van der Waals surface area contributed by atoms with Crippen LogP contribution in [0.15, 0.2) is 30.3 Å². The largest absolute Gasteiger partial charge is 0.493 e. The predicted molar refractivity (Wildman–Crippen MR) is 89.0 cm³/mol. The van der Waals surface area contributed by atoms with Crippen LogP contribution in [0.3, 0.4) is 0 Å². The number of amides is 1. The van der Waals surface area contributed by atoms with E-state index in [0.29, 0.717) is 17.9 Å². The number of nitrogens with zero attached hydrogens (tertiary/aromatic N) is 1. The molecule has 0 spiro atoms. The number of benzene rings is 1. The lowest BCUT2D eigenvalue weighted by molar-refractivity contribution is -0.139. The minimum Gasteiger partial charge on any atom is -0.493 e. The summed E-state index contributed by atoms with van der Waals surface area (Å²) in [5.74, 6) is -0.799. The summed E-state index contributed by atoms with van der Waals surface area (Å²) in [5, 5.41) is 12.1. The summed E-state index contributed by atoms with van der Waals surface area (Å²) in [5.41, 5.74) is 2.31. The Morgan fingerprint density at radius 2 is 2.12 bits per heavy atom. The van der Waals surface area contributed by atoms with Crippen LogP contribution in [0.2, 0.25) is 0 Å². The van der Waals surface area contributed by atoms with Crippen molar-refractivity contribution in [1.82, 2.24) is 10.3 Å². The molecule has 0 saturated carbocycles. The second-order valence-electron chi connectivity index (χ2n) is 5.72. The van der Waals surface area contributed by atoms with E-state index >= 15 is 0 Å². The predicted octanol–water partition coefficient (Wildman–Crippen LogP) is 1.89. The molecule has 130 valence electrons. The molecular weight excluding hydrogens is 324 g/mol. The number of pyridine rings is 1. The van der Waals surface area contributed by atoms with Crippen molar-refractivity contribution in [1.29, 1.82) is 0 Å². The number of carbonyl (C=O) groups excluding carboxylic acids is 1. The van der Waals surface area contributed by atoms with Gasteiger partial charge in [0.1, 0.15) is 11.3 Å². The molecule has 1 amide bonds. The fraction of sp³-hybridized carbons (Fsp3) is 0.278. The van der Waals surface area contributed by atoms with Crippen molar-refractivity contribution in [3.63, 3.8) is 0 Å². The molecule has 1 aromatic heterocycles. The maximum Gasteiger partial charge on any atom is 0.330 e. The Bertz CT molecular complexity index is 834. The summed E-state index contributed by atoms with van der Waals surface area (Å²) < 4.78 is 10.5. The molecule has 1 atom stereocenters. The molecular formula is C18H18N2O5. The van der Waals surface area contributed by atoms with Gasteiger partial charge in [0, 0.05) is 12.1 Å². The van der Waals surface area contributed by atoms with Crippen LogP contribution in [-0.2, 0) is 11.2 Å². The number of nitrogens with one attached hydrogen (secondary N) is 1. The molecule has 2 N–H and O–H groups in total. The van der Waals surface area contributed by atoms with Gasteiger partial charge in [0.2, 0.25) is 5.88 Å². The highest BCUT2D eigenvalue weighted by Crippen LogP contribution is 2.28. The summed E-state index contributed by atoms with van der Waals surface area (Å²) in [6.07, 6.45) is 0.721. The Labute approximate surface area is 144 Å². The van der Waals surface area contributed by atoms with Crippen LogP contribution in [0.4, 0.5) is 0 Å². The number of aromatic nitrogens is 1. The maximum atomic E-state index is 12.5. The van der Waals surface area contributed by atoms with Gasteiger partial charge in [-0.2, -0.15) is 0 Å². The lowest BCUT2D eigenvalue weighted by Crippen LogP contribution is -2.34. The van der Waals surface area contributed by atoms with Crippen LogP contribution in [0.5, 0.6) is 11.6 Å². The first-order chi connectivity index (χ1) is 12.0. The van der Waals surface area contributed by atoms with E-state index in [2.05, 4.69) is 10.3 Å². The highest BCUT2D eigenvalue weighted by atomic mass is 16.5. The molecule has 1 aromatic carbocycles. The van der Waals surface area contributed by atoms with E-state index in [0.717, 1.165) is 17.7 Å². The fourth-order valence-electron chi connectivity index (χ4n) is 2.74. The smallest absolute Gasteiger partial charge is 0.330 e. The van der Waals surface area contributed by atoms with Gasteiger partial charge in [0.15, 0.2) is 6.04 Å². The number of rotatable bonds is 5. The number of methoxy groups -OCH3 is 1. The quantitative estimate of drug-likeness (QED) is 0.861. The third-order valence-corrected chi connectivity index (χ3v) is 4.01. The molecule has 0 aliphatic carbocycles. The second-order valence-corrected chi connectivity index (χ2v) is 5.72. The Morgan fingerprint density at radius 3 is 2.84 bits per heavy atom. The van der Waals surface area contributed by atoms with Crippen LogP contribution >= 0.6 is 0 Å². The van der Waals surface area contributed by atoms with Crippen LogP contribution in [0, 0.1) is 6.92 Å². The normalized spacial score (nSPS) is 13.5. The first-order valence-electron chi connectivity index (χ1n) is 7.80. The van der Waals surface area contributed by atoms with Crippen molar-refractivity contribution in [2.75, 3.05) is 13.7 Å². The van der Waals surface area contributed by atoms with Gasteiger partial charge < -0.3 is 19.9 Å². The van der Waals surface area contributed by atoms with Gasteiger partial charge in [-0.05, 0) is 42.3 Å². The molecule has 1 aliphatic heterocycles. The fourth-order valence-corrected chi connectivity index (χ4v) is 2.74. The summed E-state index contributed by atoms with van der Waals surface area (Å²) in [6.45, 7) is 2.35. The Kier molecular flexibility index (Phi) is 4.56. The van der Waals surface area contributed by atoms with Gasteiger partial charge in [0.05, 0.1) is 13.7 Å². The Balaban J connectivity index is 1.87. The monoisotopic (exact) mass is 342 g/mol. The molecule has 0 radical (unpaired) electrons. The molecule has 2 heterocycles. The average Bonchev–Trinajstić information content (AvgIpc) is 3.06. The van der Waals surface area contributed by atoms with E-state index in [4.69, 9.17) is 9.47 Å². The van der Waals surface area contributed by atoms with Gasteiger partial charge in [-0.1, -0.05) is 6.07 Å². The topological polar surface area (TPSA) is 97.8 Å². The van der Waals surface area contributed by atoms with Gasteiger partial charge >= 0.3 is 5.97 Å². The van der Waals surface area contributed by atoms with Gasteiger partial charge in [0.25, 0.3) is 5.91 Å². The molecule has 7 heteroatoms. The maximum absolute atomic E-state index is 12.5. The number of aliphatic carboxylic acids is 1. The van der Waals surface area contributed by atoms with E-state index in [9.17, 15) is 14.7 Å². The molecule has 0 saturated heterocycles. The third-order valence-electron chi connectivity index (χ3n) is 4.01. The molecule has 1 unspecified atom stereocenters. The first-order valence-corrected chi connectivity index (χ1v) is 7.80. The van der Waals surface area contributed by atoms with Crippen molar-refractivity contribution in [3.8, 4) is 11.6 Å². The van der Waals surface area contributed by atoms with Crippen molar-refractivity contribution >= 4 is 11.9 Å². The van der Waals surface area contributed by atoms with Crippen molar-refractivity contribution in [2.45, 2.75) is 19.4 Å². The van der Waals surface area contributed by atoms with E-state index in [1.165, 1.54) is 7.11 Å². The van der Waals surface area contributed by atoms with Crippen LogP contribution in [0.1, 0.15) is 33.2 Å². The molecule has 0 fully saturated rings. The second kappa shape index (κ2) is 6.80. The van der Waals surface area contributed by atoms with E-state index < -0.39 is 17.9 Å². The number of carboxylic acids is 1. The lowest BCUT2D eigenvalue weighted by atomic mass is 10.0. The average molecular weight is 342 g/mol. The van der Waals surface area contributed by atoms with Gasteiger partial charge in [-0.3, -0.25) is 4.79 Å². The van der Waals surface area contributed by atoms with Crippen molar-refractivity contribution in [2.24, 2.45) is 0 Å². The molecule has 1 aliphatic rings. The number of ether oxygens (including phenoxy) is 2. The SMILES string of the molecule is COc1nc(C)ccc1C(=O)NC(C(=O)O)c1ccc2c(c1)CCO2. The first kappa shape index (κ1) is 16.8. The molecule has 3 rings (SSSR count). The standard InChI is InChI=1S/C18H18N2O5/c1-10-3-5-13(17(19-10)24-2)16(21)20-15(18(22)23)12-4-6-14-11(9-12)7-8-25-14/h3-6,9,15H,7-8H2,1-2H3,(H,20,21)(H,22,23). The van der Waals surface area contributed by atoms with Crippen LogP contribution in [0.25, 0.3) is 0 Å². The highest BCUT2D eigenvalue weighted by molar-refractivity contribution is 5.98. The zero-order valence-corrected chi connectivity index (χ0v) is 13.9. The van der Waals surface area contributed by atoms with Crippen molar-refractivity contribution < 1.29 is 24.2 Å². The van der Waals surface area contributed by atoms with Crippen LogP contribution in [-0.4, -0.2) is 35.7 Å². The third kappa shape index (κ3) is 3.40. The highest BCUT2D eigenvalue weighted by Gasteiger charge is 2.26. The van der Waals surface area contributed by atoms with Crippen LogP contribution < -0.4 is 14.8 Å². The minimum atomic E-state index is -1.18. The van der Waals surface area contributed by atoms with E-state index in [1.54, 1.807) is 37.3 Å². The molecule has 7 nitrogen and oxygen atoms in total. The molecule has 25 heavy (non-hydrogen) atoms. The molecule has 2 aromatic rings. The summed E-state index contributed by atoms with van der Waals surface area (Å²) in [6, 6.07) is 7.18. The number of hydrogen-bond acceptors (Lipinski definition) is 5. The Morgan fingerprint density at radius 1 is 1.32 bits per heavy atom. The van der Waals surface area contributed by atoms with Crippen molar-refractivity contribution in [3.05, 3.63) is 52.7 Å². The minimum absolute atomic E-state index is 0.156. The lowest BCUT2D eigenvalue weighted by Gasteiger charge is -2.16. The number of carbonyl (C=O) groups is 2. The zero-order valence-electron chi connectivity index (χ0n) is 13.9. The van der Waals surface area contributed by atoms with Gasteiger partial charge in [-0.15, -0.1) is 0 Å². The summed E-state index contributed by atoms with van der Waals surface area (Å²) in [7, 11) is 1.41. The number of carboxylic acid groups (broad SMARTS) is 1. The number of aryl methyl sites for hydroxylation is 1. The van der Waals surface area contributed by atoms with E-state index in [1.807, 2.05) is 0 Å². The molecule has 0 bridgehead atoms. The Hall–Kier alpha value is -3.09.